The van der Waals surface area contributed by atoms with E-state index in [1.807, 2.05) is 0 Å². The number of rotatable bonds is 2. The molecule has 0 saturated carbocycles. The third-order valence-electron chi connectivity index (χ3n) is 2.83. The molecule has 1 rings (SSSR count). The number of nitrogens with zero attached hydrogens (tertiary/aromatic N) is 2. The highest BCUT2D eigenvalue weighted by Crippen LogP contribution is 2.21. The van der Waals surface area contributed by atoms with Crippen LogP contribution in [0.1, 0.15) is 20.8 Å². The first-order chi connectivity index (χ1) is 8.99. The van der Waals surface area contributed by atoms with E-state index in [9.17, 15) is 18.0 Å². The molecule has 0 aliphatic carbocycles. The summed E-state index contributed by atoms with van der Waals surface area (Å²) in [5.74, 6) is 0. The molecular formula is C12H21F3N2O3. The molecule has 0 spiro atoms. The molecule has 1 aliphatic rings. The molecule has 1 aliphatic heterocycles. The predicted octanol–water partition coefficient (Wildman–Crippen LogP) is 1.46. The van der Waals surface area contributed by atoms with Crippen LogP contribution >= 0.6 is 0 Å². The van der Waals surface area contributed by atoms with Gasteiger partial charge in [0.1, 0.15) is 5.60 Å². The Bertz CT molecular complexity index is 334. The van der Waals surface area contributed by atoms with E-state index >= 15 is 0 Å². The number of carbonyl (C=O) groups is 1. The zero-order valence-electron chi connectivity index (χ0n) is 11.9. The highest BCUT2D eigenvalue weighted by atomic mass is 19.4. The summed E-state index contributed by atoms with van der Waals surface area (Å²) in [4.78, 5) is 14.7. The van der Waals surface area contributed by atoms with Crippen LogP contribution in [-0.4, -0.2) is 71.6 Å². The van der Waals surface area contributed by atoms with Gasteiger partial charge in [0.2, 0.25) is 0 Å². The monoisotopic (exact) mass is 298 g/mol. The number of β-amino-alcohol motifs (C(OH)–C–C–N with tert-alkyl or cyclic N) is 1. The van der Waals surface area contributed by atoms with Crippen molar-refractivity contribution in [1.82, 2.24) is 9.80 Å². The number of hydrogen-bond acceptors (Lipinski definition) is 4. The van der Waals surface area contributed by atoms with Crippen molar-refractivity contribution in [2.75, 3.05) is 32.7 Å². The predicted molar refractivity (Wildman–Crippen MR) is 66.3 cm³/mol. The maximum atomic E-state index is 12.2. The molecule has 1 amide bonds. The summed E-state index contributed by atoms with van der Waals surface area (Å²) < 4.78 is 41.9. The Kier molecular flexibility index (Phi) is 5.26. The summed E-state index contributed by atoms with van der Waals surface area (Å²) in [7, 11) is 0. The Morgan fingerprint density at radius 2 is 1.70 bits per heavy atom. The van der Waals surface area contributed by atoms with E-state index in [-0.39, 0.29) is 13.1 Å². The minimum Gasteiger partial charge on any atom is -0.444 e. The highest BCUT2D eigenvalue weighted by Gasteiger charge is 2.39. The van der Waals surface area contributed by atoms with Crippen LogP contribution in [0.4, 0.5) is 18.0 Å². The van der Waals surface area contributed by atoms with Crippen LogP contribution in [-0.2, 0) is 4.74 Å². The van der Waals surface area contributed by atoms with Gasteiger partial charge in [0, 0.05) is 32.7 Å². The minimum atomic E-state index is -4.61. The number of alkyl halides is 3. The van der Waals surface area contributed by atoms with Gasteiger partial charge in [0.05, 0.1) is 0 Å². The van der Waals surface area contributed by atoms with Crippen LogP contribution in [0, 0.1) is 0 Å². The second-order valence-electron chi connectivity index (χ2n) is 5.83. The van der Waals surface area contributed by atoms with E-state index in [2.05, 4.69) is 0 Å². The van der Waals surface area contributed by atoms with E-state index in [1.165, 1.54) is 9.80 Å². The van der Waals surface area contributed by atoms with Gasteiger partial charge in [-0.3, -0.25) is 4.90 Å². The highest BCUT2D eigenvalue weighted by molar-refractivity contribution is 5.68. The first-order valence-electron chi connectivity index (χ1n) is 6.44. The van der Waals surface area contributed by atoms with Crippen molar-refractivity contribution in [3.8, 4) is 0 Å². The first-order valence-corrected chi connectivity index (χ1v) is 6.44. The average molecular weight is 298 g/mol. The summed E-state index contributed by atoms with van der Waals surface area (Å²) in [6.07, 6.45) is -7.42. The van der Waals surface area contributed by atoms with Gasteiger partial charge in [-0.25, -0.2) is 4.79 Å². The van der Waals surface area contributed by atoms with Crippen molar-refractivity contribution in [3.63, 3.8) is 0 Å². The van der Waals surface area contributed by atoms with Gasteiger partial charge in [0.15, 0.2) is 6.10 Å². The van der Waals surface area contributed by atoms with Crippen LogP contribution in [0.15, 0.2) is 0 Å². The number of aliphatic hydroxyl groups excluding tert-OH is 1. The second kappa shape index (κ2) is 6.17. The lowest BCUT2D eigenvalue weighted by Gasteiger charge is -2.36. The standard InChI is InChI=1S/C12H21F3N2O3/c1-11(2,3)20-10(19)17-6-4-16(5-7-17)8-9(18)12(13,14)15/h9,18H,4-8H2,1-3H3/t9-/m0/s1. The third kappa shape index (κ3) is 5.54. The van der Waals surface area contributed by atoms with E-state index < -0.39 is 30.5 Å². The SMILES string of the molecule is CC(C)(C)OC(=O)N1CCN(C[C@H](O)C(F)(F)F)CC1. The Balaban J connectivity index is 2.39. The Labute approximate surface area is 116 Å². The number of carbonyl (C=O) groups excluding carboxylic acids is 1. The van der Waals surface area contributed by atoms with Crippen LogP contribution in [0.5, 0.6) is 0 Å². The Morgan fingerprint density at radius 3 is 2.10 bits per heavy atom. The Morgan fingerprint density at radius 1 is 1.20 bits per heavy atom. The summed E-state index contributed by atoms with van der Waals surface area (Å²) >= 11 is 0. The van der Waals surface area contributed by atoms with Gasteiger partial charge in [0.25, 0.3) is 0 Å². The summed E-state index contributed by atoms with van der Waals surface area (Å²) in [5, 5.41) is 8.99. The summed E-state index contributed by atoms with van der Waals surface area (Å²) in [6.45, 7) is 5.94. The fourth-order valence-corrected chi connectivity index (χ4v) is 1.79. The van der Waals surface area contributed by atoms with Gasteiger partial charge in [-0.15, -0.1) is 0 Å². The number of amides is 1. The topological polar surface area (TPSA) is 53.0 Å². The lowest BCUT2D eigenvalue weighted by Crippen LogP contribution is -2.52. The van der Waals surface area contributed by atoms with Crippen molar-refractivity contribution in [2.24, 2.45) is 0 Å². The normalized spacial score (nSPS) is 19.9. The molecule has 0 unspecified atom stereocenters. The molecule has 0 aromatic carbocycles. The molecular weight excluding hydrogens is 277 g/mol. The molecule has 1 atom stereocenters. The fourth-order valence-electron chi connectivity index (χ4n) is 1.79. The van der Waals surface area contributed by atoms with Crippen LogP contribution in [0.2, 0.25) is 0 Å². The lowest BCUT2D eigenvalue weighted by molar-refractivity contribution is -0.208. The van der Waals surface area contributed by atoms with E-state index in [0.29, 0.717) is 13.1 Å². The Hall–Kier alpha value is -1.02. The van der Waals surface area contributed by atoms with Crippen molar-refractivity contribution in [1.29, 1.82) is 0 Å². The molecule has 1 heterocycles. The number of piperazine rings is 1. The molecule has 0 aromatic heterocycles. The van der Waals surface area contributed by atoms with Crippen molar-refractivity contribution in [3.05, 3.63) is 0 Å². The number of hydrogen-bond donors (Lipinski definition) is 1. The molecule has 0 bridgehead atoms. The second-order valence-corrected chi connectivity index (χ2v) is 5.83. The summed E-state index contributed by atoms with van der Waals surface area (Å²) in [5.41, 5.74) is -0.597. The van der Waals surface area contributed by atoms with Gasteiger partial charge in [-0.05, 0) is 20.8 Å². The maximum absolute atomic E-state index is 12.2. The van der Waals surface area contributed by atoms with Gasteiger partial charge in [-0.1, -0.05) is 0 Å². The lowest BCUT2D eigenvalue weighted by atomic mass is 10.2. The van der Waals surface area contributed by atoms with Crippen molar-refractivity contribution < 1.29 is 27.8 Å². The van der Waals surface area contributed by atoms with Gasteiger partial charge < -0.3 is 14.7 Å². The molecule has 5 nitrogen and oxygen atoms in total. The number of aliphatic hydroxyl groups is 1. The van der Waals surface area contributed by atoms with Gasteiger partial charge >= 0.3 is 12.3 Å². The zero-order chi connectivity index (χ0) is 15.6. The molecule has 0 radical (unpaired) electrons. The van der Waals surface area contributed by atoms with E-state index in [0.717, 1.165) is 0 Å². The summed E-state index contributed by atoms with van der Waals surface area (Å²) in [6, 6.07) is 0. The molecule has 20 heavy (non-hydrogen) atoms. The van der Waals surface area contributed by atoms with E-state index in [4.69, 9.17) is 9.84 Å². The molecule has 1 saturated heterocycles. The number of ether oxygens (including phenoxy) is 1. The van der Waals surface area contributed by atoms with Crippen LogP contribution < -0.4 is 0 Å². The molecule has 8 heteroatoms. The minimum absolute atomic E-state index is 0.284. The van der Waals surface area contributed by atoms with Crippen molar-refractivity contribution in [2.45, 2.75) is 38.7 Å². The average Bonchev–Trinajstić information content (AvgIpc) is 2.26. The van der Waals surface area contributed by atoms with Gasteiger partial charge in [-0.2, -0.15) is 13.2 Å². The van der Waals surface area contributed by atoms with Crippen LogP contribution in [0.3, 0.4) is 0 Å². The third-order valence-corrected chi connectivity index (χ3v) is 2.83. The van der Waals surface area contributed by atoms with Crippen molar-refractivity contribution >= 4 is 6.09 Å². The van der Waals surface area contributed by atoms with Crippen LogP contribution in [0.25, 0.3) is 0 Å². The van der Waals surface area contributed by atoms with E-state index in [1.54, 1.807) is 20.8 Å². The quantitative estimate of drug-likeness (QED) is 0.838. The smallest absolute Gasteiger partial charge is 0.415 e. The maximum Gasteiger partial charge on any atom is 0.415 e. The number of halogens is 3. The molecule has 118 valence electrons. The molecule has 1 fully saturated rings. The molecule has 0 aromatic rings. The zero-order valence-corrected chi connectivity index (χ0v) is 11.9. The largest absolute Gasteiger partial charge is 0.444 e. The molecule has 1 N–H and O–H groups in total. The fraction of sp³-hybridized carbons (Fsp3) is 0.917. The first kappa shape index (κ1) is 17.0.